The number of ether oxygens (including phenoxy) is 2. The van der Waals surface area contributed by atoms with Crippen LogP contribution in [0.5, 0.6) is 23.0 Å². The minimum atomic E-state index is 0.738. The molecule has 1 aliphatic heterocycles. The van der Waals surface area contributed by atoms with Crippen LogP contribution in [0.15, 0.2) is 97.1 Å². The molecule has 124 valence electrons. The molecule has 0 unspecified atom stereocenters. The Kier molecular flexibility index (Phi) is 3.46. The second-order valence-electron chi connectivity index (χ2n) is 6.20. The molecule has 0 aromatic heterocycles. The smallest absolute Gasteiger partial charge is 0.178 e. The highest BCUT2D eigenvalue weighted by atomic mass is 16.6. The van der Waals surface area contributed by atoms with E-state index in [2.05, 4.69) is 42.5 Å². The Morgan fingerprint density at radius 3 is 1.69 bits per heavy atom. The molecular weight excluding hydrogens is 320 g/mol. The van der Waals surface area contributed by atoms with E-state index in [1.165, 1.54) is 0 Å². The predicted molar refractivity (Wildman–Crippen MR) is 104 cm³/mol. The van der Waals surface area contributed by atoms with Crippen molar-refractivity contribution in [1.29, 1.82) is 0 Å². The lowest BCUT2D eigenvalue weighted by Crippen LogP contribution is -2.01. The summed E-state index contributed by atoms with van der Waals surface area (Å²) < 4.78 is 12.4. The number of rotatable bonds is 2. The molecule has 0 aliphatic carbocycles. The fraction of sp³-hybridized carbons (Fsp3) is 0. The molecule has 0 N–H and O–H groups in total. The molecule has 26 heavy (non-hydrogen) atoms. The zero-order valence-electron chi connectivity index (χ0n) is 14.1. The third-order valence-corrected chi connectivity index (χ3v) is 4.55. The Labute approximate surface area is 152 Å². The summed E-state index contributed by atoms with van der Waals surface area (Å²) in [6.07, 6.45) is 0. The molecule has 4 aromatic rings. The minimum absolute atomic E-state index is 0.738. The Bertz CT molecular complexity index is 1070. The highest BCUT2D eigenvalue weighted by molar-refractivity contribution is 5.90. The Balaban J connectivity index is 1.77. The van der Waals surface area contributed by atoms with Gasteiger partial charge >= 0.3 is 0 Å². The first-order chi connectivity index (χ1) is 12.9. The topological polar surface area (TPSA) is 18.5 Å². The molecule has 0 radical (unpaired) electrons. The van der Waals surface area contributed by atoms with Gasteiger partial charge in [-0.05, 0) is 41.0 Å². The van der Waals surface area contributed by atoms with E-state index in [4.69, 9.17) is 9.47 Å². The summed E-state index contributed by atoms with van der Waals surface area (Å²) in [7, 11) is 0. The van der Waals surface area contributed by atoms with Gasteiger partial charge in [0.1, 0.15) is 0 Å². The normalized spacial score (nSPS) is 11.7. The summed E-state index contributed by atoms with van der Waals surface area (Å²) in [5, 5.41) is 0. The van der Waals surface area contributed by atoms with Crippen LogP contribution in [0.3, 0.4) is 0 Å². The lowest BCUT2D eigenvalue weighted by Gasteiger charge is -2.24. The van der Waals surface area contributed by atoms with E-state index in [0.29, 0.717) is 0 Å². The molecule has 0 spiro atoms. The molecule has 2 heteroatoms. The van der Waals surface area contributed by atoms with Crippen molar-refractivity contribution in [1.82, 2.24) is 0 Å². The van der Waals surface area contributed by atoms with E-state index < -0.39 is 0 Å². The first kappa shape index (κ1) is 14.8. The molecule has 4 aromatic carbocycles. The highest BCUT2D eigenvalue weighted by Gasteiger charge is 2.24. The monoisotopic (exact) mass is 336 g/mol. The van der Waals surface area contributed by atoms with Gasteiger partial charge in [-0.25, -0.2) is 0 Å². The van der Waals surface area contributed by atoms with Crippen LogP contribution in [0.25, 0.3) is 22.3 Å². The van der Waals surface area contributed by atoms with Crippen LogP contribution in [0.2, 0.25) is 0 Å². The average Bonchev–Trinajstić information content (AvgIpc) is 2.72. The highest BCUT2D eigenvalue weighted by Crippen LogP contribution is 2.52. The first-order valence-corrected chi connectivity index (χ1v) is 8.63. The minimum Gasteiger partial charge on any atom is -0.449 e. The molecule has 0 atom stereocenters. The van der Waals surface area contributed by atoms with Crippen LogP contribution in [0.1, 0.15) is 0 Å². The summed E-state index contributed by atoms with van der Waals surface area (Å²) in [5.41, 5.74) is 4.42. The van der Waals surface area contributed by atoms with Gasteiger partial charge in [-0.1, -0.05) is 72.8 Å². The van der Waals surface area contributed by atoms with Gasteiger partial charge in [0.2, 0.25) is 0 Å². The zero-order chi connectivity index (χ0) is 17.3. The quantitative estimate of drug-likeness (QED) is 0.348. The molecule has 0 fully saturated rings. The standard InChI is InChI=1S/C24H16O2/c1-3-9-17(10-4-1)19-15-16-22-24(23(19)18-11-5-2-6-12-18)26-21-14-8-7-13-20(21)25-22/h1-16H. The van der Waals surface area contributed by atoms with Gasteiger partial charge in [-0.3, -0.25) is 0 Å². The van der Waals surface area contributed by atoms with Gasteiger partial charge in [0.05, 0.1) is 0 Å². The maximum absolute atomic E-state index is 6.30. The molecule has 0 saturated carbocycles. The molecule has 0 amide bonds. The van der Waals surface area contributed by atoms with Gasteiger partial charge in [0, 0.05) is 5.56 Å². The Hall–Kier alpha value is -3.52. The predicted octanol–water partition coefficient (Wildman–Crippen LogP) is 6.92. The van der Waals surface area contributed by atoms with E-state index in [1.54, 1.807) is 0 Å². The number of hydrogen-bond acceptors (Lipinski definition) is 2. The molecule has 5 rings (SSSR count). The van der Waals surface area contributed by atoms with Crippen molar-refractivity contribution in [3.63, 3.8) is 0 Å². The number of benzene rings is 4. The molecular formula is C24H16O2. The molecule has 2 nitrogen and oxygen atoms in total. The molecule has 1 aliphatic rings. The molecule has 1 heterocycles. The van der Waals surface area contributed by atoms with E-state index in [-0.39, 0.29) is 0 Å². The van der Waals surface area contributed by atoms with Crippen molar-refractivity contribution in [2.24, 2.45) is 0 Å². The average molecular weight is 336 g/mol. The summed E-state index contributed by atoms with van der Waals surface area (Å²) in [6, 6.07) is 32.5. The van der Waals surface area contributed by atoms with Crippen LogP contribution >= 0.6 is 0 Å². The van der Waals surface area contributed by atoms with Crippen molar-refractivity contribution in [3.05, 3.63) is 97.1 Å². The Morgan fingerprint density at radius 2 is 1.00 bits per heavy atom. The maximum Gasteiger partial charge on any atom is 0.178 e. The fourth-order valence-corrected chi connectivity index (χ4v) is 3.34. The van der Waals surface area contributed by atoms with Gasteiger partial charge in [0.25, 0.3) is 0 Å². The SMILES string of the molecule is c1ccc(-c2ccc3c(c2-c2ccccc2)Oc2ccccc2O3)cc1. The van der Waals surface area contributed by atoms with E-state index >= 15 is 0 Å². The van der Waals surface area contributed by atoms with Gasteiger partial charge in [-0.15, -0.1) is 0 Å². The first-order valence-electron chi connectivity index (χ1n) is 8.63. The third-order valence-electron chi connectivity index (χ3n) is 4.55. The third kappa shape index (κ3) is 2.44. The molecule has 0 bridgehead atoms. The molecule has 0 saturated heterocycles. The largest absolute Gasteiger partial charge is 0.449 e. The number of hydrogen-bond donors (Lipinski definition) is 0. The number of fused-ring (bicyclic) bond motifs is 2. The summed E-state index contributed by atoms with van der Waals surface area (Å²) in [4.78, 5) is 0. The summed E-state index contributed by atoms with van der Waals surface area (Å²) in [5.74, 6) is 2.98. The van der Waals surface area contributed by atoms with Crippen molar-refractivity contribution >= 4 is 0 Å². The Morgan fingerprint density at radius 1 is 0.423 bits per heavy atom. The van der Waals surface area contributed by atoms with Crippen molar-refractivity contribution < 1.29 is 9.47 Å². The fourth-order valence-electron chi connectivity index (χ4n) is 3.34. The van der Waals surface area contributed by atoms with Crippen LogP contribution < -0.4 is 9.47 Å². The summed E-state index contributed by atoms with van der Waals surface area (Å²) in [6.45, 7) is 0. The lowest BCUT2D eigenvalue weighted by molar-refractivity contribution is 0.361. The van der Waals surface area contributed by atoms with Crippen LogP contribution in [0.4, 0.5) is 0 Å². The van der Waals surface area contributed by atoms with Crippen molar-refractivity contribution in [2.75, 3.05) is 0 Å². The van der Waals surface area contributed by atoms with Gasteiger partial charge < -0.3 is 9.47 Å². The number of para-hydroxylation sites is 2. The van der Waals surface area contributed by atoms with Gasteiger partial charge in [-0.2, -0.15) is 0 Å². The van der Waals surface area contributed by atoms with Crippen LogP contribution in [-0.2, 0) is 0 Å². The van der Waals surface area contributed by atoms with Crippen LogP contribution in [0, 0.1) is 0 Å². The van der Waals surface area contributed by atoms with E-state index in [9.17, 15) is 0 Å². The summed E-state index contributed by atoms with van der Waals surface area (Å²) >= 11 is 0. The second kappa shape index (κ2) is 6.08. The van der Waals surface area contributed by atoms with Crippen molar-refractivity contribution in [3.8, 4) is 45.3 Å². The van der Waals surface area contributed by atoms with Crippen LogP contribution in [-0.4, -0.2) is 0 Å². The maximum atomic E-state index is 6.30. The van der Waals surface area contributed by atoms with Crippen molar-refractivity contribution in [2.45, 2.75) is 0 Å². The van der Waals surface area contributed by atoms with E-state index in [0.717, 1.165) is 45.3 Å². The second-order valence-corrected chi connectivity index (χ2v) is 6.20. The lowest BCUT2D eigenvalue weighted by atomic mass is 9.93. The van der Waals surface area contributed by atoms with Gasteiger partial charge in [0.15, 0.2) is 23.0 Å². The van der Waals surface area contributed by atoms with E-state index in [1.807, 2.05) is 54.6 Å². The zero-order valence-corrected chi connectivity index (χ0v) is 14.1.